The van der Waals surface area contributed by atoms with Gasteiger partial charge in [0.25, 0.3) is 0 Å². The number of carbonyl (C=O) groups excluding carboxylic acids is 2. The summed E-state index contributed by atoms with van der Waals surface area (Å²) in [5, 5.41) is 2.82. The van der Waals surface area contributed by atoms with Gasteiger partial charge in [-0.3, -0.25) is 4.79 Å². The van der Waals surface area contributed by atoms with Crippen molar-refractivity contribution in [3.05, 3.63) is 35.4 Å². The topological polar surface area (TPSA) is 52.7 Å². The standard InChI is InChI=1S/C17H23F2N3O2/c1-12(14-4-5-15(18)16(19)10-14)11-20-17(24)22-7-3-6-21(8-9-22)13(2)23/h4-5,10,12H,3,6-9,11H2,1-2H3,(H,20,24). The highest BCUT2D eigenvalue weighted by atomic mass is 19.2. The molecule has 132 valence electrons. The fourth-order valence-electron chi connectivity index (χ4n) is 2.72. The average molecular weight is 339 g/mol. The van der Waals surface area contributed by atoms with Crippen molar-refractivity contribution in [2.24, 2.45) is 0 Å². The van der Waals surface area contributed by atoms with Gasteiger partial charge in [-0.25, -0.2) is 13.6 Å². The van der Waals surface area contributed by atoms with Crippen molar-refractivity contribution in [1.29, 1.82) is 0 Å². The third kappa shape index (κ3) is 4.66. The van der Waals surface area contributed by atoms with E-state index >= 15 is 0 Å². The second kappa shape index (κ2) is 8.08. The van der Waals surface area contributed by atoms with E-state index in [4.69, 9.17) is 0 Å². The summed E-state index contributed by atoms with van der Waals surface area (Å²) in [6, 6.07) is 3.57. The minimum atomic E-state index is -0.887. The number of nitrogens with one attached hydrogen (secondary N) is 1. The smallest absolute Gasteiger partial charge is 0.317 e. The molecule has 1 atom stereocenters. The molecule has 0 aliphatic carbocycles. The SMILES string of the molecule is CC(=O)N1CCCN(C(=O)NCC(C)c2ccc(F)c(F)c2)CC1. The molecular weight excluding hydrogens is 316 g/mol. The molecule has 7 heteroatoms. The summed E-state index contributed by atoms with van der Waals surface area (Å²) in [5.74, 6) is -1.88. The van der Waals surface area contributed by atoms with Crippen molar-refractivity contribution in [3.63, 3.8) is 0 Å². The zero-order valence-electron chi connectivity index (χ0n) is 14.0. The first-order chi connectivity index (χ1) is 11.4. The van der Waals surface area contributed by atoms with Gasteiger partial charge in [0, 0.05) is 39.6 Å². The van der Waals surface area contributed by atoms with Crippen molar-refractivity contribution in [3.8, 4) is 0 Å². The zero-order chi connectivity index (χ0) is 17.7. The van der Waals surface area contributed by atoms with Crippen molar-refractivity contribution >= 4 is 11.9 Å². The highest BCUT2D eigenvalue weighted by Crippen LogP contribution is 2.17. The molecule has 1 unspecified atom stereocenters. The molecule has 0 spiro atoms. The van der Waals surface area contributed by atoms with Crippen LogP contribution in [-0.4, -0.2) is 54.5 Å². The average Bonchev–Trinajstić information content (AvgIpc) is 2.81. The van der Waals surface area contributed by atoms with Crippen molar-refractivity contribution in [1.82, 2.24) is 15.1 Å². The molecule has 1 fully saturated rings. The minimum absolute atomic E-state index is 0.0178. The van der Waals surface area contributed by atoms with Gasteiger partial charge in [-0.1, -0.05) is 13.0 Å². The lowest BCUT2D eigenvalue weighted by atomic mass is 10.0. The third-order valence-corrected chi connectivity index (χ3v) is 4.30. The van der Waals surface area contributed by atoms with Gasteiger partial charge >= 0.3 is 6.03 Å². The largest absolute Gasteiger partial charge is 0.341 e. The fraction of sp³-hybridized carbons (Fsp3) is 0.529. The Bertz CT molecular complexity index is 609. The molecule has 1 saturated heterocycles. The van der Waals surface area contributed by atoms with Crippen LogP contribution in [0.3, 0.4) is 0 Å². The Labute approximate surface area is 140 Å². The maximum atomic E-state index is 13.3. The highest BCUT2D eigenvalue weighted by molar-refractivity contribution is 5.75. The predicted octanol–water partition coefficient (Wildman–Crippen LogP) is 2.33. The summed E-state index contributed by atoms with van der Waals surface area (Å²) in [4.78, 5) is 27.1. The number of carbonyl (C=O) groups is 2. The Morgan fingerprint density at radius 2 is 1.79 bits per heavy atom. The first-order valence-electron chi connectivity index (χ1n) is 8.11. The number of rotatable bonds is 3. The van der Waals surface area contributed by atoms with Crippen molar-refractivity contribution in [2.45, 2.75) is 26.2 Å². The molecule has 1 aliphatic heterocycles. The molecule has 0 saturated carbocycles. The van der Waals surface area contributed by atoms with Gasteiger partial charge in [0.1, 0.15) is 0 Å². The van der Waals surface area contributed by atoms with Crippen LogP contribution in [0.4, 0.5) is 13.6 Å². The van der Waals surface area contributed by atoms with Crippen LogP contribution in [0.15, 0.2) is 18.2 Å². The zero-order valence-corrected chi connectivity index (χ0v) is 14.0. The number of halogens is 2. The second-order valence-electron chi connectivity index (χ2n) is 6.11. The number of hydrogen-bond acceptors (Lipinski definition) is 2. The van der Waals surface area contributed by atoms with E-state index in [2.05, 4.69) is 5.32 Å². The summed E-state index contributed by atoms with van der Waals surface area (Å²) in [5.41, 5.74) is 0.632. The lowest BCUT2D eigenvalue weighted by Gasteiger charge is -2.23. The first-order valence-corrected chi connectivity index (χ1v) is 8.11. The van der Waals surface area contributed by atoms with Gasteiger partial charge in [0.05, 0.1) is 0 Å². The number of amides is 3. The summed E-state index contributed by atoms with van der Waals surface area (Å²) >= 11 is 0. The van der Waals surface area contributed by atoms with Gasteiger partial charge in [-0.05, 0) is 30.0 Å². The van der Waals surface area contributed by atoms with Crippen LogP contribution in [-0.2, 0) is 4.79 Å². The number of benzene rings is 1. The van der Waals surface area contributed by atoms with Crippen LogP contribution in [0.25, 0.3) is 0 Å². The van der Waals surface area contributed by atoms with Gasteiger partial charge in [-0.2, -0.15) is 0 Å². The van der Waals surface area contributed by atoms with Gasteiger partial charge in [0.2, 0.25) is 5.91 Å². The highest BCUT2D eigenvalue weighted by Gasteiger charge is 2.20. The minimum Gasteiger partial charge on any atom is -0.341 e. The van der Waals surface area contributed by atoms with Crippen LogP contribution in [0.1, 0.15) is 31.7 Å². The van der Waals surface area contributed by atoms with Crippen molar-refractivity contribution < 1.29 is 18.4 Å². The van der Waals surface area contributed by atoms with E-state index in [1.54, 1.807) is 9.80 Å². The number of nitrogens with zero attached hydrogens (tertiary/aromatic N) is 2. The van der Waals surface area contributed by atoms with Crippen LogP contribution < -0.4 is 5.32 Å². The van der Waals surface area contributed by atoms with E-state index < -0.39 is 11.6 Å². The van der Waals surface area contributed by atoms with E-state index in [1.807, 2.05) is 6.92 Å². The normalized spacial score (nSPS) is 16.5. The van der Waals surface area contributed by atoms with E-state index in [0.717, 1.165) is 18.6 Å². The monoisotopic (exact) mass is 339 g/mol. The summed E-state index contributed by atoms with van der Waals surface area (Å²) < 4.78 is 26.2. The molecule has 1 aliphatic rings. The van der Waals surface area contributed by atoms with Gasteiger partial charge in [0.15, 0.2) is 11.6 Å². The summed E-state index contributed by atoms with van der Waals surface area (Å²) in [6.07, 6.45) is 0.742. The Morgan fingerprint density at radius 3 is 2.46 bits per heavy atom. The molecule has 1 heterocycles. The van der Waals surface area contributed by atoms with E-state index in [1.165, 1.54) is 13.0 Å². The molecule has 1 aromatic carbocycles. The molecule has 2 rings (SSSR count). The molecule has 24 heavy (non-hydrogen) atoms. The molecule has 5 nitrogen and oxygen atoms in total. The summed E-state index contributed by atoms with van der Waals surface area (Å²) in [6.45, 7) is 5.97. The van der Waals surface area contributed by atoms with Crippen LogP contribution in [0.2, 0.25) is 0 Å². The number of urea groups is 1. The summed E-state index contributed by atoms with van der Waals surface area (Å²) in [7, 11) is 0. The van der Waals surface area contributed by atoms with Gasteiger partial charge < -0.3 is 15.1 Å². The number of hydrogen-bond donors (Lipinski definition) is 1. The maximum absolute atomic E-state index is 13.3. The molecular formula is C17H23F2N3O2. The molecule has 0 aromatic heterocycles. The molecule has 3 amide bonds. The Balaban J connectivity index is 1.85. The first kappa shape index (κ1) is 18.2. The van der Waals surface area contributed by atoms with E-state index in [0.29, 0.717) is 38.3 Å². The van der Waals surface area contributed by atoms with Crippen LogP contribution in [0.5, 0.6) is 0 Å². The predicted molar refractivity (Wildman–Crippen MR) is 86.6 cm³/mol. The van der Waals surface area contributed by atoms with E-state index in [-0.39, 0.29) is 17.9 Å². The lowest BCUT2D eigenvalue weighted by molar-refractivity contribution is -0.128. The second-order valence-corrected chi connectivity index (χ2v) is 6.11. The quantitative estimate of drug-likeness (QED) is 0.919. The molecule has 0 radical (unpaired) electrons. The Kier molecular flexibility index (Phi) is 6.11. The van der Waals surface area contributed by atoms with Crippen LogP contribution >= 0.6 is 0 Å². The molecule has 1 N–H and O–H groups in total. The Morgan fingerprint density at radius 1 is 1.12 bits per heavy atom. The van der Waals surface area contributed by atoms with E-state index in [9.17, 15) is 18.4 Å². The molecule has 0 bridgehead atoms. The Hall–Kier alpha value is -2.18. The maximum Gasteiger partial charge on any atom is 0.317 e. The molecule has 1 aromatic rings. The van der Waals surface area contributed by atoms with Crippen molar-refractivity contribution in [2.75, 3.05) is 32.7 Å². The third-order valence-electron chi connectivity index (χ3n) is 4.30. The lowest BCUT2D eigenvalue weighted by Crippen LogP contribution is -2.43. The van der Waals surface area contributed by atoms with Gasteiger partial charge in [-0.15, -0.1) is 0 Å². The van der Waals surface area contributed by atoms with Crippen LogP contribution in [0, 0.1) is 11.6 Å². The fourth-order valence-corrected chi connectivity index (χ4v) is 2.72.